The van der Waals surface area contributed by atoms with Gasteiger partial charge < -0.3 is 15.8 Å². The number of benzene rings is 1. The summed E-state index contributed by atoms with van der Waals surface area (Å²) in [6.45, 7) is 5.15. The van der Waals surface area contributed by atoms with Gasteiger partial charge in [0.15, 0.2) is 0 Å². The molecule has 3 N–H and O–H groups in total. The van der Waals surface area contributed by atoms with Crippen LogP contribution in [0.25, 0.3) is 0 Å². The van der Waals surface area contributed by atoms with Crippen molar-refractivity contribution in [2.24, 2.45) is 5.73 Å². The molecule has 0 fully saturated rings. The number of hydrogen-bond acceptors (Lipinski definition) is 3. The number of carbonyl (C=O) groups excluding carboxylic acids is 1. The van der Waals surface area contributed by atoms with E-state index in [1.807, 2.05) is 32.0 Å². The van der Waals surface area contributed by atoms with Gasteiger partial charge in [0.1, 0.15) is 6.61 Å². The van der Waals surface area contributed by atoms with Crippen molar-refractivity contribution < 1.29 is 9.53 Å². The first-order valence-electron chi connectivity index (χ1n) is 5.30. The van der Waals surface area contributed by atoms with Crippen LogP contribution < -0.4 is 11.1 Å². The maximum absolute atomic E-state index is 11.2. The fourth-order valence-electron chi connectivity index (χ4n) is 1.32. The zero-order valence-electron chi connectivity index (χ0n) is 9.75. The van der Waals surface area contributed by atoms with Crippen molar-refractivity contribution in [3.63, 3.8) is 0 Å². The standard InChI is InChI=1S/C12H18N2O2/c1-9-3-4-10(2)11(7-9)8-16-12(15)14-6-5-13/h3-4,7H,5-6,8,13H2,1-2H3,(H,14,15). The van der Waals surface area contributed by atoms with Crippen LogP contribution in [-0.4, -0.2) is 19.2 Å². The Morgan fingerprint density at radius 1 is 1.44 bits per heavy atom. The molecule has 4 nitrogen and oxygen atoms in total. The zero-order chi connectivity index (χ0) is 12.0. The quantitative estimate of drug-likeness (QED) is 0.811. The predicted octanol–water partition coefficient (Wildman–Crippen LogP) is 1.49. The number of carbonyl (C=O) groups is 1. The van der Waals surface area contributed by atoms with Crippen molar-refractivity contribution >= 4 is 6.09 Å². The molecule has 1 amide bonds. The Labute approximate surface area is 95.8 Å². The fraction of sp³-hybridized carbons (Fsp3) is 0.417. The van der Waals surface area contributed by atoms with Crippen LogP contribution in [0.2, 0.25) is 0 Å². The Balaban J connectivity index is 2.47. The van der Waals surface area contributed by atoms with Crippen LogP contribution in [0.1, 0.15) is 16.7 Å². The summed E-state index contributed by atoms with van der Waals surface area (Å²) >= 11 is 0. The number of amides is 1. The van der Waals surface area contributed by atoms with E-state index >= 15 is 0 Å². The summed E-state index contributed by atoms with van der Waals surface area (Å²) in [6.07, 6.45) is -0.425. The molecular weight excluding hydrogens is 204 g/mol. The van der Waals surface area contributed by atoms with Crippen LogP contribution in [0.5, 0.6) is 0 Å². The van der Waals surface area contributed by atoms with Gasteiger partial charge in [-0.25, -0.2) is 4.79 Å². The second-order valence-corrected chi connectivity index (χ2v) is 3.72. The smallest absolute Gasteiger partial charge is 0.407 e. The molecule has 0 atom stereocenters. The Hall–Kier alpha value is -1.55. The van der Waals surface area contributed by atoms with Crippen LogP contribution in [0, 0.1) is 13.8 Å². The van der Waals surface area contributed by atoms with Crippen molar-refractivity contribution in [3.05, 3.63) is 34.9 Å². The fourth-order valence-corrected chi connectivity index (χ4v) is 1.32. The zero-order valence-corrected chi connectivity index (χ0v) is 9.75. The van der Waals surface area contributed by atoms with Gasteiger partial charge in [-0.1, -0.05) is 23.8 Å². The third-order valence-corrected chi connectivity index (χ3v) is 2.28. The van der Waals surface area contributed by atoms with Gasteiger partial charge in [-0.15, -0.1) is 0 Å². The molecule has 16 heavy (non-hydrogen) atoms. The van der Waals surface area contributed by atoms with Gasteiger partial charge in [-0.05, 0) is 25.0 Å². The predicted molar refractivity (Wildman–Crippen MR) is 63.2 cm³/mol. The van der Waals surface area contributed by atoms with Gasteiger partial charge in [-0.2, -0.15) is 0 Å². The lowest BCUT2D eigenvalue weighted by molar-refractivity contribution is 0.140. The highest BCUT2D eigenvalue weighted by molar-refractivity contribution is 5.67. The average Bonchev–Trinajstić information content (AvgIpc) is 2.27. The molecule has 1 rings (SSSR count). The molecule has 1 aromatic carbocycles. The van der Waals surface area contributed by atoms with Gasteiger partial charge >= 0.3 is 6.09 Å². The van der Waals surface area contributed by atoms with E-state index in [1.54, 1.807) is 0 Å². The molecular formula is C12H18N2O2. The normalized spacial score (nSPS) is 9.94. The first kappa shape index (κ1) is 12.5. The molecule has 0 saturated heterocycles. The molecule has 0 unspecified atom stereocenters. The molecule has 4 heteroatoms. The molecule has 0 aromatic heterocycles. The Morgan fingerprint density at radius 3 is 2.88 bits per heavy atom. The molecule has 0 aliphatic carbocycles. The van der Waals surface area contributed by atoms with Gasteiger partial charge in [0, 0.05) is 13.1 Å². The molecule has 0 saturated carbocycles. The van der Waals surface area contributed by atoms with Crippen LogP contribution in [0.4, 0.5) is 4.79 Å². The molecule has 0 aliphatic heterocycles. The Morgan fingerprint density at radius 2 is 2.19 bits per heavy atom. The lowest BCUT2D eigenvalue weighted by Crippen LogP contribution is -2.29. The van der Waals surface area contributed by atoms with E-state index in [9.17, 15) is 4.79 Å². The van der Waals surface area contributed by atoms with Crippen LogP contribution in [0.15, 0.2) is 18.2 Å². The van der Waals surface area contributed by atoms with Crippen molar-refractivity contribution in [2.75, 3.05) is 13.1 Å². The molecule has 0 bridgehead atoms. The second kappa shape index (κ2) is 6.12. The molecule has 0 spiro atoms. The highest BCUT2D eigenvalue weighted by atomic mass is 16.5. The summed E-state index contributed by atoms with van der Waals surface area (Å²) in [6, 6.07) is 6.07. The maximum Gasteiger partial charge on any atom is 0.407 e. The summed E-state index contributed by atoms with van der Waals surface area (Å²) in [5.74, 6) is 0. The number of aryl methyl sites for hydroxylation is 2. The van der Waals surface area contributed by atoms with Gasteiger partial charge in [0.2, 0.25) is 0 Å². The number of hydrogen-bond donors (Lipinski definition) is 2. The molecule has 0 radical (unpaired) electrons. The molecule has 1 aromatic rings. The number of ether oxygens (including phenoxy) is 1. The minimum Gasteiger partial charge on any atom is -0.445 e. The SMILES string of the molecule is Cc1ccc(C)c(COC(=O)NCCN)c1. The summed E-state index contributed by atoms with van der Waals surface area (Å²) in [7, 11) is 0. The average molecular weight is 222 g/mol. The molecule has 0 heterocycles. The van der Waals surface area contributed by atoms with E-state index in [-0.39, 0.29) is 0 Å². The van der Waals surface area contributed by atoms with E-state index in [0.29, 0.717) is 19.7 Å². The summed E-state index contributed by atoms with van der Waals surface area (Å²) in [5.41, 5.74) is 8.57. The minimum absolute atomic E-state index is 0.296. The summed E-state index contributed by atoms with van der Waals surface area (Å²) in [5, 5.41) is 2.55. The summed E-state index contributed by atoms with van der Waals surface area (Å²) < 4.78 is 5.06. The van der Waals surface area contributed by atoms with E-state index in [2.05, 4.69) is 5.32 Å². The largest absolute Gasteiger partial charge is 0.445 e. The third kappa shape index (κ3) is 3.90. The van der Waals surface area contributed by atoms with Crippen LogP contribution in [-0.2, 0) is 11.3 Å². The second-order valence-electron chi connectivity index (χ2n) is 3.72. The third-order valence-electron chi connectivity index (χ3n) is 2.28. The van der Waals surface area contributed by atoms with Crippen molar-refractivity contribution in [2.45, 2.75) is 20.5 Å². The van der Waals surface area contributed by atoms with E-state index < -0.39 is 6.09 Å². The Kier molecular flexibility index (Phi) is 4.79. The number of nitrogens with one attached hydrogen (secondary N) is 1. The number of rotatable bonds is 4. The Bertz CT molecular complexity index is 364. The molecule has 88 valence electrons. The first-order chi connectivity index (χ1) is 7.63. The monoisotopic (exact) mass is 222 g/mol. The van der Waals surface area contributed by atoms with Crippen molar-refractivity contribution in [1.82, 2.24) is 5.32 Å². The highest BCUT2D eigenvalue weighted by Crippen LogP contribution is 2.11. The van der Waals surface area contributed by atoms with Crippen molar-refractivity contribution in [1.29, 1.82) is 0 Å². The van der Waals surface area contributed by atoms with Gasteiger partial charge in [0.25, 0.3) is 0 Å². The van der Waals surface area contributed by atoms with Gasteiger partial charge in [0.05, 0.1) is 0 Å². The maximum atomic E-state index is 11.2. The van der Waals surface area contributed by atoms with Crippen molar-refractivity contribution in [3.8, 4) is 0 Å². The van der Waals surface area contributed by atoms with E-state index in [1.165, 1.54) is 0 Å². The lowest BCUT2D eigenvalue weighted by atomic mass is 10.1. The van der Waals surface area contributed by atoms with Crippen LogP contribution >= 0.6 is 0 Å². The van der Waals surface area contributed by atoms with Gasteiger partial charge in [-0.3, -0.25) is 0 Å². The van der Waals surface area contributed by atoms with E-state index in [0.717, 1.165) is 16.7 Å². The summed E-state index contributed by atoms with van der Waals surface area (Å²) in [4.78, 5) is 11.2. The van der Waals surface area contributed by atoms with Crippen LogP contribution in [0.3, 0.4) is 0 Å². The number of alkyl carbamates (subject to hydrolysis) is 1. The minimum atomic E-state index is -0.425. The number of nitrogens with two attached hydrogens (primary N) is 1. The highest BCUT2D eigenvalue weighted by Gasteiger charge is 2.03. The molecule has 0 aliphatic rings. The van der Waals surface area contributed by atoms with E-state index in [4.69, 9.17) is 10.5 Å². The topological polar surface area (TPSA) is 64.3 Å². The lowest BCUT2D eigenvalue weighted by Gasteiger charge is -2.09. The first-order valence-corrected chi connectivity index (χ1v) is 5.30.